The molecule has 0 radical (unpaired) electrons. The Hall–Kier alpha value is -0.910. The zero-order valence-corrected chi connectivity index (χ0v) is 11.0. The van der Waals surface area contributed by atoms with Crippen LogP contribution in [0.1, 0.15) is 24.5 Å². The topological polar surface area (TPSA) is 46.6 Å². The molecular formula is C13H17NO3S. The lowest BCUT2D eigenvalue weighted by Gasteiger charge is -2.32. The fraction of sp³-hybridized carbons (Fsp3) is 0.538. The van der Waals surface area contributed by atoms with Crippen molar-refractivity contribution in [2.24, 2.45) is 0 Å². The Morgan fingerprint density at radius 3 is 2.56 bits per heavy atom. The van der Waals surface area contributed by atoms with Crippen LogP contribution in [0.4, 0.5) is 0 Å². The summed E-state index contributed by atoms with van der Waals surface area (Å²) in [7, 11) is -3.08. The molecule has 18 heavy (non-hydrogen) atoms. The van der Waals surface area contributed by atoms with Crippen molar-refractivity contribution in [3.63, 3.8) is 0 Å². The van der Waals surface area contributed by atoms with Crippen molar-refractivity contribution in [2.75, 3.05) is 19.7 Å². The predicted octanol–water partition coefficient (Wildman–Crippen LogP) is 1.55. The molecule has 0 N–H and O–H groups in total. The quantitative estimate of drug-likeness (QED) is 0.835. The Bertz CT molecular complexity index is 510. The molecule has 0 aromatic heterocycles. The molecule has 0 spiro atoms. The lowest BCUT2D eigenvalue weighted by molar-refractivity contribution is -0.00260. The number of nitrogens with zero attached hydrogens (tertiary/aromatic N) is 1. The zero-order valence-electron chi connectivity index (χ0n) is 10.2. The first-order chi connectivity index (χ1) is 8.68. The summed E-state index contributed by atoms with van der Waals surface area (Å²) in [5.41, 5.74) is 1.05. The van der Waals surface area contributed by atoms with Crippen LogP contribution < -0.4 is 0 Å². The maximum absolute atomic E-state index is 12.2. The number of hydrogen-bond acceptors (Lipinski definition) is 3. The highest BCUT2D eigenvalue weighted by Gasteiger charge is 2.41. The first-order valence-electron chi connectivity index (χ1n) is 6.33. The van der Waals surface area contributed by atoms with Gasteiger partial charge in [-0.2, -0.15) is 4.31 Å². The van der Waals surface area contributed by atoms with Gasteiger partial charge in [-0.1, -0.05) is 30.3 Å². The molecule has 5 heteroatoms. The van der Waals surface area contributed by atoms with Crippen LogP contribution in [0.15, 0.2) is 30.3 Å². The summed E-state index contributed by atoms with van der Waals surface area (Å²) in [6.07, 6.45) is 1.50. The van der Waals surface area contributed by atoms with Gasteiger partial charge in [0.1, 0.15) is 0 Å². The number of ether oxygens (including phenoxy) is 1. The second-order valence-electron chi connectivity index (χ2n) is 4.87. The first kappa shape index (κ1) is 12.1. The molecule has 0 bridgehead atoms. The molecule has 1 heterocycles. The van der Waals surface area contributed by atoms with Gasteiger partial charge < -0.3 is 4.74 Å². The minimum absolute atomic E-state index is 0.131. The van der Waals surface area contributed by atoms with Crippen LogP contribution in [-0.2, 0) is 14.8 Å². The molecule has 1 aromatic carbocycles. The number of rotatable bonds is 3. The molecule has 98 valence electrons. The number of sulfonamides is 1. The van der Waals surface area contributed by atoms with E-state index in [0.717, 1.165) is 18.4 Å². The van der Waals surface area contributed by atoms with Gasteiger partial charge in [0.25, 0.3) is 0 Å². The number of benzene rings is 1. The van der Waals surface area contributed by atoms with Crippen molar-refractivity contribution >= 4 is 10.0 Å². The summed E-state index contributed by atoms with van der Waals surface area (Å²) in [5.74, 6) is 0. The molecule has 1 aromatic rings. The van der Waals surface area contributed by atoms with Crippen molar-refractivity contribution in [2.45, 2.75) is 24.2 Å². The Morgan fingerprint density at radius 2 is 1.89 bits per heavy atom. The van der Waals surface area contributed by atoms with Crippen molar-refractivity contribution in [1.82, 2.24) is 4.31 Å². The Balaban J connectivity index is 1.76. The smallest absolute Gasteiger partial charge is 0.217 e. The largest absolute Gasteiger partial charge is 0.371 e. The molecule has 4 nitrogen and oxygen atoms in total. The van der Waals surface area contributed by atoms with E-state index in [1.807, 2.05) is 30.3 Å². The molecule has 1 atom stereocenters. The monoisotopic (exact) mass is 267 g/mol. The summed E-state index contributed by atoms with van der Waals surface area (Å²) in [4.78, 5) is 0. The van der Waals surface area contributed by atoms with E-state index in [0.29, 0.717) is 19.7 Å². The van der Waals surface area contributed by atoms with Gasteiger partial charge in [0, 0.05) is 13.1 Å². The predicted molar refractivity (Wildman–Crippen MR) is 68.6 cm³/mol. The fourth-order valence-electron chi connectivity index (χ4n) is 2.30. The van der Waals surface area contributed by atoms with Gasteiger partial charge in [0.05, 0.1) is 18.0 Å². The molecule has 0 amide bonds. The average molecular weight is 267 g/mol. The van der Waals surface area contributed by atoms with E-state index < -0.39 is 10.0 Å². The number of hydrogen-bond donors (Lipinski definition) is 0. The maximum atomic E-state index is 12.2. The second kappa shape index (κ2) is 4.64. The van der Waals surface area contributed by atoms with Crippen molar-refractivity contribution in [1.29, 1.82) is 0 Å². The third-order valence-electron chi connectivity index (χ3n) is 3.51. The molecule has 1 saturated carbocycles. The van der Waals surface area contributed by atoms with Crippen LogP contribution in [0, 0.1) is 0 Å². The fourth-order valence-corrected chi connectivity index (χ4v) is 4.13. The Kier molecular flexibility index (Phi) is 3.13. The van der Waals surface area contributed by atoms with Gasteiger partial charge in [-0.05, 0) is 18.4 Å². The van der Waals surface area contributed by atoms with E-state index in [9.17, 15) is 8.42 Å². The molecule has 1 aliphatic heterocycles. The second-order valence-corrected chi connectivity index (χ2v) is 7.09. The zero-order chi connectivity index (χ0) is 12.6. The molecule has 3 rings (SSSR count). The number of morpholine rings is 1. The van der Waals surface area contributed by atoms with Crippen LogP contribution in [-0.4, -0.2) is 37.7 Å². The summed E-state index contributed by atoms with van der Waals surface area (Å²) in [6, 6.07) is 9.82. The molecule has 2 fully saturated rings. The standard InChI is InChI=1S/C13H17NO3S/c15-18(16,12-6-7-12)14-8-9-17-13(10-14)11-4-2-1-3-5-11/h1-5,12-13H,6-10H2. The van der Waals surface area contributed by atoms with Crippen LogP contribution >= 0.6 is 0 Å². The average Bonchev–Trinajstić information content (AvgIpc) is 3.25. The SMILES string of the molecule is O=S(=O)(C1CC1)N1CCOC(c2ccccc2)C1. The van der Waals surface area contributed by atoms with E-state index in [-0.39, 0.29) is 11.4 Å². The molecular weight excluding hydrogens is 250 g/mol. The van der Waals surface area contributed by atoms with Gasteiger partial charge in [0.2, 0.25) is 10.0 Å². The summed E-state index contributed by atoms with van der Waals surface area (Å²) < 4.78 is 31.7. The van der Waals surface area contributed by atoms with E-state index >= 15 is 0 Å². The highest BCUT2D eigenvalue weighted by atomic mass is 32.2. The van der Waals surface area contributed by atoms with Crippen LogP contribution in [0.25, 0.3) is 0 Å². The van der Waals surface area contributed by atoms with Crippen molar-refractivity contribution in [3.05, 3.63) is 35.9 Å². The lowest BCUT2D eigenvalue weighted by Crippen LogP contribution is -2.43. The van der Waals surface area contributed by atoms with Crippen LogP contribution in [0.2, 0.25) is 0 Å². The third kappa shape index (κ3) is 2.30. The van der Waals surface area contributed by atoms with Crippen molar-refractivity contribution in [3.8, 4) is 0 Å². The summed E-state index contributed by atoms with van der Waals surface area (Å²) >= 11 is 0. The Morgan fingerprint density at radius 1 is 1.17 bits per heavy atom. The van der Waals surface area contributed by atoms with Gasteiger partial charge in [-0.3, -0.25) is 0 Å². The minimum Gasteiger partial charge on any atom is -0.371 e. The highest BCUT2D eigenvalue weighted by Crippen LogP contribution is 2.33. The summed E-state index contributed by atoms with van der Waals surface area (Å²) in [5, 5.41) is -0.132. The lowest BCUT2D eigenvalue weighted by atomic mass is 10.1. The van der Waals surface area contributed by atoms with E-state index in [2.05, 4.69) is 0 Å². The van der Waals surface area contributed by atoms with E-state index in [4.69, 9.17) is 4.74 Å². The molecule has 1 saturated heterocycles. The highest BCUT2D eigenvalue weighted by molar-refractivity contribution is 7.90. The summed E-state index contributed by atoms with van der Waals surface area (Å²) in [6.45, 7) is 1.41. The van der Waals surface area contributed by atoms with Crippen LogP contribution in [0.5, 0.6) is 0 Å². The normalized spacial score (nSPS) is 26.1. The minimum atomic E-state index is -3.08. The third-order valence-corrected chi connectivity index (χ3v) is 5.87. The maximum Gasteiger partial charge on any atom is 0.217 e. The van der Waals surface area contributed by atoms with E-state index in [1.54, 1.807) is 4.31 Å². The first-order valence-corrected chi connectivity index (χ1v) is 7.84. The molecule has 1 unspecified atom stereocenters. The van der Waals surface area contributed by atoms with Crippen LogP contribution in [0.3, 0.4) is 0 Å². The van der Waals surface area contributed by atoms with Gasteiger partial charge in [0.15, 0.2) is 0 Å². The molecule has 1 aliphatic carbocycles. The van der Waals surface area contributed by atoms with Crippen molar-refractivity contribution < 1.29 is 13.2 Å². The van der Waals surface area contributed by atoms with Gasteiger partial charge in [-0.25, -0.2) is 8.42 Å². The van der Waals surface area contributed by atoms with Gasteiger partial charge in [-0.15, -0.1) is 0 Å². The van der Waals surface area contributed by atoms with Gasteiger partial charge >= 0.3 is 0 Å². The Labute approximate surface area is 108 Å². The van der Waals surface area contributed by atoms with E-state index in [1.165, 1.54) is 0 Å². The molecule has 2 aliphatic rings.